The van der Waals surface area contributed by atoms with E-state index in [1.54, 1.807) is 10.6 Å². The summed E-state index contributed by atoms with van der Waals surface area (Å²) in [6.45, 7) is 6.90. The number of hydrogen-bond acceptors (Lipinski definition) is 4. The van der Waals surface area contributed by atoms with Crippen molar-refractivity contribution in [1.82, 2.24) is 14.9 Å². The van der Waals surface area contributed by atoms with Gasteiger partial charge in [-0.15, -0.1) is 0 Å². The van der Waals surface area contributed by atoms with Gasteiger partial charge in [-0.3, -0.25) is 4.57 Å². The Hall–Kier alpha value is -2.57. The number of rotatable bonds is 5. The molecule has 0 saturated carbocycles. The van der Waals surface area contributed by atoms with E-state index in [1.165, 1.54) is 0 Å². The highest BCUT2D eigenvalue weighted by Crippen LogP contribution is 2.35. The van der Waals surface area contributed by atoms with Crippen LogP contribution in [0.5, 0.6) is 5.75 Å². The lowest BCUT2D eigenvalue weighted by Crippen LogP contribution is -2.43. The molecule has 29 heavy (non-hydrogen) atoms. The van der Waals surface area contributed by atoms with Crippen LogP contribution in [-0.2, 0) is 12.0 Å². The predicted octanol–water partition coefficient (Wildman–Crippen LogP) is 3.19. The van der Waals surface area contributed by atoms with E-state index in [0.29, 0.717) is 18.7 Å². The molecule has 3 aromatic rings. The number of nitrogens with zero attached hydrogens (tertiary/aromatic N) is 1. The molecule has 6 heteroatoms. The first kappa shape index (κ1) is 19.7. The first-order valence-corrected chi connectivity index (χ1v) is 10.2. The highest BCUT2D eigenvalue weighted by atomic mass is 16.3. The maximum absolute atomic E-state index is 12.3. The summed E-state index contributed by atoms with van der Waals surface area (Å²) >= 11 is 0. The Morgan fingerprint density at radius 2 is 2.00 bits per heavy atom. The fourth-order valence-corrected chi connectivity index (χ4v) is 4.86. The smallest absolute Gasteiger partial charge is 0.326 e. The van der Waals surface area contributed by atoms with Crippen LogP contribution in [-0.4, -0.2) is 31.8 Å². The van der Waals surface area contributed by atoms with E-state index in [4.69, 9.17) is 0 Å². The summed E-state index contributed by atoms with van der Waals surface area (Å²) in [5.41, 5.74) is 2.91. The first-order valence-electron chi connectivity index (χ1n) is 10.2. The molecule has 1 unspecified atom stereocenters. The van der Waals surface area contributed by atoms with Crippen molar-refractivity contribution in [3.05, 3.63) is 64.1 Å². The van der Waals surface area contributed by atoms with Crippen LogP contribution >= 0.6 is 0 Å². The molecule has 0 spiro atoms. The monoisotopic (exact) mass is 395 g/mol. The Balaban J connectivity index is 1.54. The number of phenolic OH excluding ortho intramolecular Hbond substituents is 1. The maximum atomic E-state index is 12.3. The molecule has 2 heterocycles. The average Bonchev–Trinajstić information content (AvgIpc) is 2.91. The molecule has 0 fully saturated rings. The van der Waals surface area contributed by atoms with Gasteiger partial charge in [0, 0.05) is 24.2 Å². The Morgan fingerprint density at radius 1 is 1.24 bits per heavy atom. The minimum Gasteiger partial charge on any atom is -0.508 e. The fraction of sp³-hybridized carbons (Fsp3) is 0.435. The minimum absolute atomic E-state index is 0.110. The molecule has 4 rings (SSSR count). The second-order valence-corrected chi connectivity index (χ2v) is 8.84. The minimum atomic E-state index is -0.696. The Morgan fingerprint density at radius 3 is 2.76 bits per heavy atom. The lowest BCUT2D eigenvalue weighted by Gasteiger charge is -2.33. The van der Waals surface area contributed by atoms with Gasteiger partial charge in [-0.2, -0.15) is 0 Å². The Kier molecular flexibility index (Phi) is 5.00. The predicted molar refractivity (Wildman–Crippen MR) is 114 cm³/mol. The molecule has 0 bridgehead atoms. The van der Waals surface area contributed by atoms with Crippen LogP contribution in [0.25, 0.3) is 11.0 Å². The number of aromatic nitrogens is 2. The van der Waals surface area contributed by atoms with Crippen molar-refractivity contribution in [2.24, 2.45) is 0 Å². The molecule has 1 aliphatic rings. The standard InChI is InChI=1S/C23H29N3O3/c1-14(13-23(2,3)16-8-4-5-10-19(16)27)24-18-11-12-26-20-15(21(18)28)7-6-9-17(20)25-22(26)29/h4-10,14,18,21,24,27-28H,11-13H2,1-3H3,(H,25,29)/t14?,18-,21-/m1/s1. The zero-order chi connectivity index (χ0) is 20.8. The molecule has 0 aliphatic carbocycles. The molecule has 1 aromatic heterocycles. The summed E-state index contributed by atoms with van der Waals surface area (Å²) in [6.07, 6.45) is 0.757. The van der Waals surface area contributed by atoms with Gasteiger partial charge in [0.15, 0.2) is 0 Å². The van der Waals surface area contributed by atoms with Gasteiger partial charge in [-0.25, -0.2) is 4.79 Å². The maximum Gasteiger partial charge on any atom is 0.326 e. The molecule has 0 radical (unpaired) electrons. The number of aryl methyl sites for hydroxylation is 1. The Bertz CT molecular complexity index is 1080. The lowest BCUT2D eigenvalue weighted by atomic mass is 9.78. The number of hydrogen-bond donors (Lipinski definition) is 4. The van der Waals surface area contributed by atoms with Crippen molar-refractivity contribution < 1.29 is 10.2 Å². The normalized spacial score (nSPS) is 20.6. The van der Waals surface area contributed by atoms with Gasteiger partial charge in [-0.1, -0.05) is 44.2 Å². The second-order valence-electron chi connectivity index (χ2n) is 8.84. The van der Waals surface area contributed by atoms with E-state index in [2.05, 4.69) is 31.1 Å². The van der Waals surface area contributed by atoms with E-state index < -0.39 is 6.10 Å². The average molecular weight is 396 g/mol. The van der Waals surface area contributed by atoms with E-state index in [9.17, 15) is 15.0 Å². The van der Waals surface area contributed by atoms with Crippen LogP contribution in [0.2, 0.25) is 0 Å². The second kappa shape index (κ2) is 7.35. The number of aliphatic hydroxyl groups excluding tert-OH is 1. The van der Waals surface area contributed by atoms with Gasteiger partial charge < -0.3 is 20.5 Å². The number of H-pyrrole nitrogens is 1. The van der Waals surface area contributed by atoms with Gasteiger partial charge in [0.2, 0.25) is 0 Å². The van der Waals surface area contributed by atoms with E-state index in [1.807, 2.05) is 36.4 Å². The lowest BCUT2D eigenvalue weighted by molar-refractivity contribution is 0.116. The first-order chi connectivity index (χ1) is 13.8. The zero-order valence-corrected chi connectivity index (χ0v) is 17.1. The van der Waals surface area contributed by atoms with Crippen LogP contribution < -0.4 is 11.0 Å². The molecule has 4 N–H and O–H groups in total. The van der Waals surface area contributed by atoms with Crippen molar-refractivity contribution in [3.8, 4) is 5.75 Å². The number of aromatic hydroxyl groups is 1. The SMILES string of the molecule is CC(CC(C)(C)c1ccccc1O)N[C@@H]1CCn2c(=O)[nH]c3cccc(c32)[C@H]1O. The summed E-state index contributed by atoms with van der Waals surface area (Å²) in [6, 6.07) is 13.0. The quantitative estimate of drug-likeness (QED) is 0.534. The van der Waals surface area contributed by atoms with Crippen LogP contribution in [0.4, 0.5) is 0 Å². The van der Waals surface area contributed by atoms with E-state index >= 15 is 0 Å². The summed E-state index contributed by atoms with van der Waals surface area (Å²) in [5.74, 6) is 0.310. The largest absolute Gasteiger partial charge is 0.508 e. The molecular weight excluding hydrogens is 366 g/mol. The molecule has 1 aliphatic heterocycles. The van der Waals surface area contributed by atoms with Crippen LogP contribution in [0.15, 0.2) is 47.3 Å². The summed E-state index contributed by atoms with van der Waals surface area (Å²) < 4.78 is 1.73. The van der Waals surface area contributed by atoms with E-state index in [-0.39, 0.29) is 23.2 Å². The number of benzene rings is 2. The van der Waals surface area contributed by atoms with Crippen molar-refractivity contribution >= 4 is 11.0 Å². The molecule has 3 atom stereocenters. The number of nitrogens with one attached hydrogen (secondary N) is 2. The van der Waals surface area contributed by atoms with E-state index in [0.717, 1.165) is 28.6 Å². The number of para-hydroxylation sites is 2. The molecule has 0 amide bonds. The number of imidazole rings is 1. The molecular formula is C23H29N3O3. The van der Waals surface area contributed by atoms with Crippen molar-refractivity contribution in [2.75, 3.05) is 0 Å². The highest BCUT2D eigenvalue weighted by Gasteiger charge is 2.31. The molecule has 0 saturated heterocycles. The number of phenols is 1. The third-order valence-electron chi connectivity index (χ3n) is 6.14. The van der Waals surface area contributed by atoms with Gasteiger partial charge >= 0.3 is 5.69 Å². The van der Waals surface area contributed by atoms with Crippen molar-refractivity contribution in [2.45, 2.75) is 63.8 Å². The summed E-state index contributed by atoms with van der Waals surface area (Å²) in [7, 11) is 0. The highest BCUT2D eigenvalue weighted by molar-refractivity contribution is 5.79. The van der Waals surface area contributed by atoms with Crippen LogP contribution in [0.3, 0.4) is 0 Å². The molecule has 2 aromatic carbocycles. The zero-order valence-electron chi connectivity index (χ0n) is 17.1. The van der Waals surface area contributed by atoms with Gasteiger partial charge in [-0.05, 0) is 42.9 Å². The van der Waals surface area contributed by atoms with Gasteiger partial charge in [0.25, 0.3) is 0 Å². The van der Waals surface area contributed by atoms with Gasteiger partial charge in [0.1, 0.15) is 5.75 Å². The molecule has 6 nitrogen and oxygen atoms in total. The summed E-state index contributed by atoms with van der Waals surface area (Å²) in [4.78, 5) is 15.2. The third-order valence-corrected chi connectivity index (χ3v) is 6.14. The summed E-state index contributed by atoms with van der Waals surface area (Å²) in [5, 5.41) is 24.9. The topological polar surface area (TPSA) is 90.3 Å². The third kappa shape index (κ3) is 3.58. The van der Waals surface area contributed by atoms with Gasteiger partial charge in [0.05, 0.1) is 17.1 Å². The van der Waals surface area contributed by atoms with Crippen LogP contribution in [0.1, 0.15) is 50.8 Å². The van der Waals surface area contributed by atoms with Crippen molar-refractivity contribution in [3.63, 3.8) is 0 Å². The van der Waals surface area contributed by atoms with Crippen LogP contribution in [0, 0.1) is 0 Å². The fourth-order valence-electron chi connectivity index (χ4n) is 4.86. The van der Waals surface area contributed by atoms with Crippen molar-refractivity contribution in [1.29, 1.82) is 0 Å². The Labute approximate surface area is 170 Å². The number of aromatic amines is 1. The number of aliphatic hydroxyl groups is 1. The molecule has 154 valence electrons.